The maximum absolute atomic E-state index is 13.0. The molecule has 168 valence electrons. The van der Waals surface area contributed by atoms with Gasteiger partial charge in [0.1, 0.15) is 23.4 Å². The Labute approximate surface area is 187 Å². The van der Waals surface area contributed by atoms with Crippen molar-refractivity contribution in [2.45, 2.75) is 37.5 Å². The first-order valence-electron chi connectivity index (χ1n) is 11.1. The van der Waals surface area contributed by atoms with Crippen LogP contribution in [-0.2, 0) is 14.3 Å². The standard InChI is InChI=1S/C25H27NO6/c1-29-18-7-9-19(10-8-18)32-20-4-2-3-16(11-20)22(27)12-17-13-30-24-21(14-31-23(17)24)26-25(28)15-5-6-15/h2-4,7-11,15,17,21,23-24H,5-6,12-14H2,1H3,(H,26,28)/t17-,21-,23+,24+/m0/s1. The Morgan fingerprint density at radius 3 is 2.47 bits per heavy atom. The van der Waals surface area contributed by atoms with Gasteiger partial charge in [0.15, 0.2) is 5.78 Å². The minimum absolute atomic E-state index is 0.0218. The minimum Gasteiger partial charge on any atom is -0.497 e. The van der Waals surface area contributed by atoms with Crippen LogP contribution in [0.4, 0.5) is 0 Å². The monoisotopic (exact) mass is 437 g/mol. The van der Waals surface area contributed by atoms with Crippen molar-refractivity contribution >= 4 is 11.7 Å². The molecule has 5 rings (SSSR count). The summed E-state index contributed by atoms with van der Waals surface area (Å²) in [5.74, 6) is 2.26. The molecule has 7 nitrogen and oxygen atoms in total. The molecular weight excluding hydrogens is 410 g/mol. The molecule has 2 aromatic carbocycles. The number of benzene rings is 2. The number of hydrogen-bond donors (Lipinski definition) is 1. The largest absolute Gasteiger partial charge is 0.497 e. The maximum Gasteiger partial charge on any atom is 0.223 e. The fourth-order valence-corrected chi connectivity index (χ4v) is 4.39. The third kappa shape index (κ3) is 4.49. The summed E-state index contributed by atoms with van der Waals surface area (Å²) < 4.78 is 22.9. The Morgan fingerprint density at radius 1 is 0.969 bits per heavy atom. The van der Waals surface area contributed by atoms with Gasteiger partial charge in [-0.2, -0.15) is 0 Å². The third-order valence-electron chi connectivity index (χ3n) is 6.33. The quantitative estimate of drug-likeness (QED) is 0.638. The molecule has 0 radical (unpaired) electrons. The van der Waals surface area contributed by atoms with Crippen LogP contribution in [0.25, 0.3) is 0 Å². The van der Waals surface area contributed by atoms with Gasteiger partial charge in [0.05, 0.1) is 32.5 Å². The van der Waals surface area contributed by atoms with E-state index >= 15 is 0 Å². The van der Waals surface area contributed by atoms with E-state index in [9.17, 15) is 9.59 Å². The molecule has 7 heteroatoms. The zero-order valence-corrected chi connectivity index (χ0v) is 18.0. The summed E-state index contributed by atoms with van der Waals surface area (Å²) in [6.45, 7) is 0.891. The van der Waals surface area contributed by atoms with Crippen molar-refractivity contribution < 1.29 is 28.5 Å². The molecule has 2 heterocycles. The van der Waals surface area contributed by atoms with Crippen molar-refractivity contribution in [1.82, 2.24) is 5.32 Å². The molecule has 32 heavy (non-hydrogen) atoms. The number of hydrogen-bond acceptors (Lipinski definition) is 6. The summed E-state index contributed by atoms with van der Waals surface area (Å²) in [5, 5.41) is 3.06. The van der Waals surface area contributed by atoms with Crippen molar-refractivity contribution in [2.24, 2.45) is 11.8 Å². The maximum atomic E-state index is 13.0. The lowest BCUT2D eigenvalue weighted by molar-refractivity contribution is -0.123. The summed E-state index contributed by atoms with van der Waals surface area (Å²) >= 11 is 0. The second-order valence-corrected chi connectivity index (χ2v) is 8.68. The zero-order valence-electron chi connectivity index (χ0n) is 18.0. The molecular formula is C25H27NO6. The molecule has 3 aliphatic rings. The number of rotatable bonds is 8. The van der Waals surface area contributed by atoms with Gasteiger partial charge in [-0.3, -0.25) is 9.59 Å². The lowest BCUT2D eigenvalue weighted by Gasteiger charge is -2.17. The molecule has 1 aliphatic carbocycles. The van der Waals surface area contributed by atoms with Crippen molar-refractivity contribution in [1.29, 1.82) is 0 Å². The first-order chi connectivity index (χ1) is 15.6. The third-order valence-corrected chi connectivity index (χ3v) is 6.33. The van der Waals surface area contributed by atoms with Crippen molar-refractivity contribution in [3.8, 4) is 17.2 Å². The Balaban J connectivity index is 1.19. The van der Waals surface area contributed by atoms with Gasteiger partial charge >= 0.3 is 0 Å². The van der Waals surface area contributed by atoms with Crippen molar-refractivity contribution in [3.05, 3.63) is 54.1 Å². The van der Waals surface area contributed by atoms with Gasteiger partial charge in [-0.15, -0.1) is 0 Å². The molecule has 0 bridgehead atoms. The molecule has 2 aliphatic heterocycles. The highest BCUT2D eigenvalue weighted by molar-refractivity contribution is 5.96. The number of Topliss-reactive ketones (excluding diaryl/α,β-unsaturated/α-hetero) is 1. The van der Waals surface area contributed by atoms with Gasteiger partial charge in [0.25, 0.3) is 0 Å². The van der Waals surface area contributed by atoms with Crippen LogP contribution in [-0.4, -0.2) is 50.3 Å². The summed E-state index contributed by atoms with van der Waals surface area (Å²) in [4.78, 5) is 25.1. The van der Waals surface area contributed by atoms with Crippen LogP contribution in [0.15, 0.2) is 48.5 Å². The van der Waals surface area contributed by atoms with Crippen LogP contribution in [0.5, 0.6) is 17.2 Å². The Morgan fingerprint density at radius 2 is 1.72 bits per heavy atom. The number of fused-ring (bicyclic) bond motifs is 1. The number of nitrogens with one attached hydrogen (secondary N) is 1. The van der Waals surface area contributed by atoms with Crippen LogP contribution >= 0.6 is 0 Å². The van der Waals surface area contributed by atoms with E-state index in [4.69, 9.17) is 18.9 Å². The summed E-state index contributed by atoms with van der Waals surface area (Å²) in [6, 6.07) is 14.3. The number of amides is 1. The van der Waals surface area contributed by atoms with Crippen LogP contribution in [0.2, 0.25) is 0 Å². The highest BCUT2D eigenvalue weighted by atomic mass is 16.6. The second-order valence-electron chi connectivity index (χ2n) is 8.68. The Hall–Kier alpha value is -2.90. The van der Waals surface area contributed by atoms with Gasteiger partial charge in [0, 0.05) is 23.8 Å². The van der Waals surface area contributed by atoms with Gasteiger partial charge in [-0.1, -0.05) is 12.1 Å². The van der Waals surface area contributed by atoms with Gasteiger partial charge in [-0.05, 0) is 49.2 Å². The second kappa shape index (κ2) is 8.92. The van der Waals surface area contributed by atoms with E-state index in [1.807, 2.05) is 36.4 Å². The summed E-state index contributed by atoms with van der Waals surface area (Å²) in [6.07, 6.45) is 1.91. The Bertz CT molecular complexity index is 986. The smallest absolute Gasteiger partial charge is 0.223 e. The first kappa shape index (κ1) is 21.0. The van der Waals surface area contributed by atoms with Crippen LogP contribution < -0.4 is 14.8 Å². The fraction of sp³-hybridized carbons (Fsp3) is 0.440. The average Bonchev–Trinajstić information content (AvgIpc) is 3.49. The number of ketones is 1. The van der Waals surface area contributed by atoms with Gasteiger partial charge < -0.3 is 24.3 Å². The van der Waals surface area contributed by atoms with Gasteiger partial charge in [0.2, 0.25) is 5.91 Å². The predicted octanol–water partition coefficient (Wildman–Crippen LogP) is 3.37. The number of ether oxygens (including phenoxy) is 4. The summed E-state index contributed by atoms with van der Waals surface area (Å²) in [5.41, 5.74) is 0.594. The van der Waals surface area contributed by atoms with E-state index < -0.39 is 0 Å². The lowest BCUT2D eigenvalue weighted by Crippen LogP contribution is -2.44. The molecule has 2 aromatic rings. The molecule has 2 saturated heterocycles. The SMILES string of the molecule is COc1ccc(Oc2cccc(C(=O)C[C@H]3CO[C@H]4[C@@H]3OC[C@@H]4NC(=O)C3CC3)c2)cc1. The summed E-state index contributed by atoms with van der Waals surface area (Å²) in [7, 11) is 1.61. The molecule has 1 N–H and O–H groups in total. The number of carbonyl (C=O) groups is 2. The van der Waals surface area contributed by atoms with Crippen molar-refractivity contribution in [2.75, 3.05) is 20.3 Å². The fourth-order valence-electron chi connectivity index (χ4n) is 4.39. The predicted molar refractivity (Wildman–Crippen MR) is 116 cm³/mol. The highest BCUT2D eigenvalue weighted by Crippen LogP contribution is 2.35. The van der Waals surface area contributed by atoms with Crippen molar-refractivity contribution in [3.63, 3.8) is 0 Å². The van der Waals surface area contributed by atoms with Gasteiger partial charge in [-0.25, -0.2) is 0 Å². The number of carbonyl (C=O) groups excluding carboxylic acids is 2. The topological polar surface area (TPSA) is 83.1 Å². The zero-order chi connectivity index (χ0) is 22.1. The molecule has 1 saturated carbocycles. The molecule has 0 spiro atoms. The van der Waals surface area contributed by atoms with Crippen LogP contribution in [0.3, 0.4) is 0 Å². The normalized spacial score (nSPS) is 26.4. The van der Waals surface area contributed by atoms with E-state index in [1.54, 1.807) is 19.2 Å². The lowest BCUT2D eigenvalue weighted by atomic mass is 9.92. The minimum atomic E-state index is -0.180. The van der Waals surface area contributed by atoms with E-state index in [0.29, 0.717) is 36.7 Å². The Kier molecular flexibility index (Phi) is 5.85. The number of methoxy groups -OCH3 is 1. The van der Waals surface area contributed by atoms with Crippen LogP contribution in [0, 0.1) is 11.8 Å². The van der Waals surface area contributed by atoms with E-state index in [1.165, 1.54) is 0 Å². The van der Waals surface area contributed by atoms with E-state index in [2.05, 4.69) is 5.32 Å². The molecule has 3 fully saturated rings. The molecule has 1 amide bonds. The van der Waals surface area contributed by atoms with E-state index in [-0.39, 0.29) is 41.8 Å². The highest BCUT2D eigenvalue weighted by Gasteiger charge is 2.49. The molecule has 4 atom stereocenters. The average molecular weight is 437 g/mol. The van der Waals surface area contributed by atoms with Crippen LogP contribution in [0.1, 0.15) is 29.6 Å². The molecule has 0 unspecified atom stereocenters. The first-order valence-corrected chi connectivity index (χ1v) is 11.1. The molecule has 0 aromatic heterocycles. The van der Waals surface area contributed by atoms with E-state index in [0.717, 1.165) is 18.6 Å².